The van der Waals surface area contributed by atoms with Crippen molar-refractivity contribution in [3.05, 3.63) is 54.0 Å². The summed E-state index contributed by atoms with van der Waals surface area (Å²) in [5.74, 6) is 2.06. The lowest BCUT2D eigenvalue weighted by atomic mass is 10.2. The summed E-state index contributed by atoms with van der Waals surface area (Å²) in [6.07, 6.45) is 0.533. The van der Waals surface area contributed by atoms with Gasteiger partial charge in [0.1, 0.15) is 11.5 Å². The van der Waals surface area contributed by atoms with Gasteiger partial charge in [0.15, 0.2) is 0 Å². The van der Waals surface area contributed by atoms with Crippen molar-refractivity contribution in [3.63, 3.8) is 0 Å². The summed E-state index contributed by atoms with van der Waals surface area (Å²) >= 11 is 0. The molecular formula is C19H25N3O2. The third-order valence-corrected chi connectivity index (χ3v) is 4.36. The van der Waals surface area contributed by atoms with Gasteiger partial charge in [-0.2, -0.15) is 0 Å². The molecule has 0 atom stereocenters. The van der Waals surface area contributed by atoms with Crippen LogP contribution in [0.2, 0.25) is 0 Å². The Hall–Kier alpha value is -2.27. The summed E-state index contributed by atoms with van der Waals surface area (Å²) in [6.45, 7) is 6.67. The normalized spacial score (nSPS) is 14.9. The molecule has 24 heavy (non-hydrogen) atoms. The van der Waals surface area contributed by atoms with Crippen LogP contribution in [0.15, 0.2) is 46.9 Å². The molecule has 1 fully saturated rings. The number of furan rings is 1. The number of hydrogen-bond donors (Lipinski definition) is 1. The number of piperazine rings is 1. The standard InChI is InChI=1S/C19H25N3O2/c1-16-7-8-18(24-16)15-20-10-9-19(23)22-13-11-21(12-14-22)17-5-3-2-4-6-17/h2-8,20H,9-15H2,1H3. The second-order valence-corrected chi connectivity index (χ2v) is 6.14. The molecule has 3 rings (SSSR count). The number of para-hydroxylation sites is 1. The second kappa shape index (κ2) is 8.02. The van der Waals surface area contributed by atoms with Gasteiger partial charge in [0.25, 0.3) is 0 Å². The van der Waals surface area contributed by atoms with Gasteiger partial charge in [-0.3, -0.25) is 4.79 Å². The molecule has 1 aromatic heterocycles. The maximum absolute atomic E-state index is 12.3. The van der Waals surface area contributed by atoms with Crippen molar-refractivity contribution in [3.8, 4) is 0 Å². The summed E-state index contributed by atoms with van der Waals surface area (Å²) in [7, 11) is 0. The van der Waals surface area contributed by atoms with Crippen LogP contribution in [-0.2, 0) is 11.3 Å². The number of aryl methyl sites for hydroxylation is 1. The molecule has 1 saturated heterocycles. The van der Waals surface area contributed by atoms with Gasteiger partial charge in [0.05, 0.1) is 6.54 Å². The zero-order valence-corrected chi connectivity index (χ0v) is 14.2. The molecule has 0 radical (unpaired) electrons. The first-order chi connectivity index (χ1) is 11.7. The summed E-state index contributed by atoms with van der Waals surface area (Å²) in [5.41, 5.74) is 1.24. The fourth-order valence-electron chi connectivity index (χ4n) is 3.00. The van der Waals surface area contributed by atoms with Gasteiger partial charge in [-0.15, -0.1) is 0 Å². The summed E-state index contributed by atoms with van der Waals surface area (Å²) in [4.78, 5) is 16.6. The smallest absolute Gasteiger partial charge is 0.223 e. The Morgan fingerprint density at radius 2 is 1.83 bits per heavy atom. The molecule has 0 unspecified atom stereocenters. The number of nitrogens with one attached hydrogen (secondary N) is 1. The fraction of sp³-hybridized carbons (Fsp3) is 0.421. The van der Waals surface area contributed by atoms with Crippen LogP contribution >= 0.6 is 0 Å². The molecule has 0 aliphatic carbocycles. The van der Waals surface area contributed by atoms with Crippen LogP contribution in [0, 0.1) is 6.92 Å². The summed E-state index contributed by atoms with van der Waals surface area (Å²) in [5, 5.41) is 3.27. The molecule has 128 valence electrons. The molecule has 0 spiro atoms. The molecule has 2 heterocycles. The van der Waals surface area contributed by atoms with Crippen LogP contribution in [0.25, 0.3) is 0 Å². The number of amides is 1. The highest BCUT2D eigenvalue weighted by Crippen LogP contribution is 2.15. The predicted molar refractivity (Wildman–Crippen MR) is 95.0 cm³/mol. The average Bonchev–Trinajstić information content (AvgIpc) is 3.05. The van der Waals surface area contributed by atoms with Crippen LogP contribution in [0.3, 0.4) is 0 Å². The van der Waals surface area contributed by atoms with Gasteiger partial charge in [-0.05, 0) is 31.2 Å². The molecule has 0 bridgehead atoms. The number of benzene rings is 1. The zero-order valence-electron chi connectivity index (χ0n) is 14.2. The second-order valence-electron chi connectivity index (χ2n) is 6.14. The number of nitrogens with zero attached hydrogens (tertiary/aromatic N) is 2. The Bertz CT molecular complexity index is 646. The Balaban J connectivity index is 1.36. The van der Waals surface area contributed by atoms with E-state index < -0.39 is 0 Å². The van der Waals surface area contributed by atoms with E-state index in [0.717, 1.165) is 37.7 Å². The SMILES string of the molecule is Cc1ccc(CNCCC(=O)N2CCN(c3ccccc3)CC2)o1. The van der Waals surface area contributed by atoms with Gasteiger partial charge >= 0.3 is 0 Å². The Kier molecular flexibility index (Phi) is 5.54. The highest BCUT2D eigenvalue weighted by molar-refractivity contribution is 5.76. The van der Waals surface area contributed by atoms with Crippen LogP contribution < -0.4 is 10.2 Å². The van der Waals surface area contributed by atoms with E-state index in [4.69, 9.17) is 4.42 Å². The number of hydrogen-bond acceptors (Lipinski definition) is 4. The number of carbonyl (C=O) groups excluding carboxylic acids is 1. The molecule has 1 aliphatic heterocycles. The number of rotatable bonds is 6. The Morgan fingerprint density at radius 1 is 1.08 bits per heavy atom. The maximum Gasteiger partial charge on any atom is 0.223 e. The van der Waals surface area contributed by atoms with Crippen molar-refractivity contribution < 1.29 is 9.21 Å². The van der Waals surface area contributed by atoms with E-state index in [1.54, 1.807) is 0 Å². The van der Waals surface area contributed by atoms with Crippen molar-refractivity contribution in [2.24, 2.45) is 0 Å². The summed E-state index contributed by atoms with van der Waals surface area (Å²) in [6, 6.07) is 14.3. The quantitative estimate of drug-likeness (QED) is 0.828. The molecule has 1 aromatic carbocycles. The van der Waals surface area contributed by atoms with Gasteiger partial charge in [0.2, 0.25) is 5.91 Å². The van der Waals surface area contributed by atoms with Crippen LogP contribution in [0.1, 0.15) is 17.9 Å². The molecule has 1 aliphatic rings. The van der Waals surface area contributed by atoms with Crippen molar-refractivity contribution in [1.82, 2.24) is 10.2 Å². The molecular weight excluding hydrogens is 302 g/mol. The van der Waals surface area contributed by atoms with Crippen molar-refractivity contribution in [2.45, 2.75) is 19.9 Å². The maximum atomic E-state index is 12.3. The lowest BCUT2D eigenvalue weighted by molar-refractivity contribution is -0.131. The first-order valence-corrected chi connectivity index (χ1v) is 8.56. The van der Waals surface area contributed by atoms with Crippen molar-refractivity contribution >= 4 is 11.6 Å². The van der Waals surface area contributed by atoms with Gasteiger partial charge in [-0.1, -0.05) is 18.2 Å². The highest BCUT2D eigenvalue weighted by atomic mass is 16.3. The third-order valence-electron chi connectivity index (χ3n) is 4.36. The van der Waals surface area contributed by atoms with E-state index in [0.29, 0.717) is 19.5 Å². The molecule has 0 saturated carbocycles. The number of anilines is 1. The molecule has 1 amide bonds. The largest absolute Gasteiger partial charge is 0.465 e. The minimum atomic E-state index is 0.228. The van der Waals surface area contributed by atoms with Crippen LogP contribution in [0.4, 0.5) is 5.69 Å². The van der Waals surface area contributed by atoms with E-state index in [2.05, 4.69) is 34.5 Å². The summed E-state index contributed by atoms with van der Waals surface area (Å²) < 4.78 is 5.50. The number of carbonyl (C=O) groups is 1. The van der Waals surface area contributed by atoms with E-state index in [1.165, 1.54) is 5.69 Å². The monoisotopic (exact) mass is 327 g/mol. The molecule has 5 heteroatoms. The topological polar surface area (TPSA) is 48.7 Å². The predicted octanol–water partition coefficient (Wildman–Crippen LogP) is 2.42. The third kappa shape index (κ3) is 4.38. The molecule has 1 N–H and O–H groups in total. The van der Waals surface area contributed by atoms with Crippen molar-refractivity contribution in [2.75, 3.05) is 37.6 Å². The van der Waals surface area contributed by atoms with Gasteiger partial charge in [-0.25, -0.2) is 0 Å². The van der Waals surface area contributed by atoms with Crippen molar-refractivity contribution in [1.29, 1.82) is 0 Å². The van der Waals surface area contributed by atoms with E-state index in [9.17, 15) is 4.79 Å². The minimum Gasteiger partial charge on any atom is -0.465 e. The Labute approximate surface area is 143 Å². The van der Waals surface area contributed by atoms with E-state index >= 15 is 0 Å². The zero-order chi connectivity index (χ0) is 16.8. The van der Waals surface area contributed by atoms with E-state index in [-0.39, 0.29) is 5.91 Å². The first-order valence-electron chi connectivity index (χ1n) is 8.56. The minimum absolute atomic E-state index is 0.228. The van der Waals surface area contributed by atoms with Crippen LogP contribution in [-0.4, -0.2) is 43.5 Å². The van der Waals surface area contributed by atoms with Gasteiger partial charge < -0.3 is 19.5 Å². The highest BCUT2D eigenvalue weighted by Gasteiger charge is 2.20. The average molecular weight is 327 g/mol. The first kappa shape index (κ1) is 16.6. The molecule has 5 nitrogen and oxygen atoms in total. The van der Waals surface area contributed by atoms with Gasteiger partial charge in [0, 0.05) is 44.8 Å². The van der Waals surface area contributed by atoms with Crippen LogP contribution in [0.5, 0.6) is 0 Å². The lowest BCUT2D eigenvalue weighted by Crippen LogP contribution is -2.49. The van der Waals surface area contributed by atoms with E-state index in [1.807, 2.05) is 30.0 Å². The Morgan fingerprint density at radius 3 is 2.50 bits per heavy atom. The lowest BCUT2D eigenvalue weighted by Gasteiger charge is -2.36. The molecule has 2 aromatic rings. The fourth-order valence-corrected chi connectivity index (χ4v) is 3.00.